The first-order chi connectivity index (χ1) is 10.2. The molecule has 1 aromatic carbocycles. The highest BCUT2D eigenvalue weighted by Crippen LogP contribution is 2.34. The maximum absolute atomic E-state index is 6.21. The molecule has 0 saturated heterocycles. The number of benzene rings is 1. The molecule has 0 spiro atoms. The summed E-state index contributed by atoms with van der Waals surface area (Å²) in [6, 6.07) is 4.67. The zero-order valence-electron chi connectivity index (χ0n) is 13.1. The Morgan fingerprint density at radius 3 is 2.48 bits per heavy atom. The van der Waals surface area contributed by atoms with Crippen LogP contribution in [0.2, 0.25) is 0 Å². The van der Waals surface area contributed by atoms with Gasteiger partial charge in [0.05, 0.1) is 14.2 Å². The number of ether oxygens (including phenoxy) is 2. The number of nitrogens with two attached hydrogens (primary N) is 1. The Morgan fingerprint density at radius 1 is 1.14 bits per heavy atom. The van der Waals surface area contributed by atoms with E-state index in [4.69, 9.17) is 15.2 Å². The van der Waals surface area contributed by atoms with Crippen molar-refractivity contribution in [1.82, 2.24) is 4.90 Å². The van der Waals surface area contributed by atoms with Gasteiger partial charge >= 0.3 is 0 Å². The molecule has 0 bridgehead atoms. The van der Waals surface area contributed by atoms with Gasteiger partial charge in [-0.1, -0.05) is 6.42 Å². The van der Waals surface area contributed by atoms with E-state index in [-0.39, 0.29) is 0 Å². The van der Waals surface area contributed by atoms with Gasteiger partial charge in [0, 0.05) is 25.7 Å². The van der Waals surface area contributed by atoms with E-state index in [1.54, 1.807) is 14.2 Å². The lowest BCUT2D eigenvalue weighted by atomic mass is 9.96. The topological polar surface area (TPSA) is 47.7 Å². The van der Waals surface area contributed by atoms with Gasteiger partial charge in [-0.2, -0.15) is 0 Å². The minimum atomic E-state index is 0.400. The van der Waals surface area contributed by atoms with Gasteiger partial charge in [0.25, 0.3) is 0 Å². The third-order valence-electron chi connectivity index (χ3n) is 5.01. The van der Waals surface area contributed by atoms with E-state index in [1.165, 1.54) is 30.4 Å². The van der Waals surface area contributed by atoms with Crippen molar-refractivity contribution in [1.29, 1.82) is 0 Å². The maximum atomic E-state index is 6.21. The van der Waals surface area contributed by atoms with Crippen LogP contribution in [0.1, 0.15) is 30.4 Å². The summed E-state index contributed by atoms with van der Waals surface area (Å²) in [5.74, 6) is 2.34. The summed E-state index contributed by atoms with van der Waals surface area (Å²) in [5, 5.41) is 0. The lowest BCUT2D eigenvalue weighted by Crippen LogP contribution is -2.39. The SMILES string of the molecule is COc1cc2c(cc1OC)CN(CC1CCCC1N)CC2. The van der Waals surface area contributed by atoms with E-state index in [9.17, 15) is 0 Å². The molecular formula is C17H26N2O2. The van der Waals surface area contributed by atoms with Crippen molar-refractivity contribution < 1.29 is 9.47 Å². The molecular weight excluding hydrogens is 264 g/mol. The van der Waals surface area contributed by atoms with Crippen LogP contribution in [0.4, 0.5) is 0 Å². The van der Waals surface area contributed by atoms with Crippen LogP contribution < -0.4 is 15.2 Å². The number of rotatable bonds is 4. The molecule has 4 nitrogen and oxygen atoms in total. The zero-order valence-corrected chi connectivity index (χ0v) is 13.1. The van der Waals surface area contributed by atoms with Crippen molar-refractivity contribution in [2.24, 2.45) is 11.7 Å². The molecule has 0 amide bonds. The first-order valence-electron chi connectivity index (χ1n) is 7.93. The van der Waals surface area contributed by atoms with E-state index in [0.717, 1.165) is 37.6 Å². The average molecular weight is 290 g/mol. The summed E-state index contributed by atoms with van der Waals surface area (Å²) in [6.07, 6.45) is 4.86. The van der Waals surface area contributed by atoms with Crippen LogP contribution >= 0.6 is 0 Å². The van der Waals surface area contributed by atoms with Crippen LogP contribution in [0.25, 0.3) is 0 Å². The number of nitrogens with zero attached hydrogens (tertiary/aromatic N) is 1. The predicted molar refractivity (Wildman–Crippen MR) is 83.8 cm³/mol. The van der Waals surface area contributed by atoms with Crippen LogP contribution in [0.3, 0.4) is 0 Å². The highest BCUT2D eigenvalue weighted by atomic mass is 16.5. The van der Waals surface area contributed by atoms with Gasteiger partial charge in [-0.15, -0.1) is 0 Å². The van der Waals surface area contributed by atoms with Crippen molar-refractivity contribution in [2.75, 3.05) is 27.3 Å². The molecule has 1 fully saturated rings. The molecule has 2 N–H and O–H groups in total. The molecule has 0 aromatic heterocycles. The minimum Gasteiger partial charge on any atom is -0.493 e. The molecule has 1 saturated carbocycles. The summed E-state index contributed by atoms with van der Waals surface area (Å²) in [5.41, 5.74) is 8.97. The average Bonchev–Trinajstić information content (AvgIpc) is 2.91. The third-order valence-corrected chi connectivity index (χ3v) is 5.01. The van der Waals surface area contributed by atoms with Crippen LogP contribution in [0.5, 0.6) is 11.5 Å². The largest absolute Gasteiger partial charge is 0.493 e. The molecule has 1 aliphatic carbocycles. The fourth-order valence-electron chi connectivity index (χ4n) is 3.72. The molecule has 2 unspecified atom stereocenters. The Labute approximate surface area is 127 Å². The summed E-state index contributed by atoms with van der Waals surface area (Å²) in [4.78, 5) is 2.55. The molecule has 1 aromatic rings. The van der Waals surface area contributed by atoms with E-state index in [0.29, 0.717) is 12.0 Å². The van der Waals surface area contributed by atoms with E-state index >= 15 is 0 Å². The standard InChI is InChI=1S/C17H26N2O2/c1-20-16-8-12-6-7-19(10-13-4-3-5-15(13)18)11-14(12)9-17(16)21-2/h8-9,13,15H,3-7,10-11,18H2,1-2H3. The smallest absolute Gasteiger partial charge is 0.161 e. The molecule has 4 heteroatoms. The summed E-state index contributed by atoms with van der Waals surface area (Å²) < 4.78 is 10.8. The van der Waals surface area contributed by atoms with Crippen molar-refractivity contribution in [2.45, 2.75) is 38.3 Å². The second-order valence-corrected chi connectivity index (χ2v) is 6.32. The van der Waals surface area contributed by atoms with Crippen LogP contribution in [0, 0.1) is 5.92 Å². The van der Waals surface area contributed by atoms with Crippen molar-refractivity contribution >= 4 is 0 Å². The maximum Gasteiger partial charge on any atom is 0.161 e. The molecule has 21 heavy (non-hydrogen) atoms. The number of hydrogen-bond donors (Lipinski definition) is 1. The monoisotopic (exact) mass is 290 g/mol. The molecule has 2 aliphatic rings. The van der Waals surface area contributed by atoms with E-state index < -0.39 is 0 Å². The van der Waals surface area contributed by atoms with Gasteiger partial charge in [-0.05, 0) is 48.4 Å². The molecule has 116 valence electrons. The second-order valence-electron chi connectivity index (χ2n) is 6.32. The third kappa shape index (κ3) is 3.01. The Bertz CT molecular complexity index is 504. The normalized spacial score (nSPS) is 25.7. The zero-order chi connectivity index (χ0) is 14.8. The Hall–Kier alpha value is -1.26. The summed E-state index contributed by atoms with van der Waals surface area (Å²) >= 11 is 0. The van der Waals surface area contributed by atoms with E-state index in [1.807, 2.05) is 0 Å². The summed E-state index contributed by atoms with van der Waals surface area (Å²) in [6.45, 7) is 3.25. The van der Waals surface area contributed by atoms with Gasteiger partial charge in [0.15, 0.2) is 11.5 Å². The predicted octanol–water partition coefficient (Wildman–Crippen LogP) is 2.19. The first-order valence-corrected chi connectivity index (χ1v) is 7.93. The second kappa shape index (κ2) is 6.24. The van der Waals surface area contributed by atoms with Crippen molar-refractivity contribution in [3.8, 4) is 11.5 Å². The van der Waals surface area contributed by atoms with Crippen LogP contribution in [0.15, 0.2) is 12.1 Å². The lowest BCUT2D eigenvalue weighted by Gasteiger charge is -2.32. The van der Waals surface area contributed by atoms with Gasteiger partial charge in [0.2, 0.25) is 0 Å². The highest BCUT2D eigenvalue weighted by molar-refractivity contribution is 5.48. The number of hydrogen-bond acceptors (Lipinski definition) is 4. The molecule has 3 rings (SSSR count). The van der Waals surface area contributed by atoms with Gasteiger partial charge in [0.1, 0.15) is 0 Å². The Balaban J connectivity index is 1.72. The molecule has 0 radical (unpaired) electrons. The van der Waals surface area contributed by atoms with Gasteiger partial charge in [-0.3, -0.25) is 4.90 Å². The lowest BCUT2D eigenvalue weighted by molar-refractivity contribution is 0.206. The van der Waals surface area contributed by atoms with Crippen molar-refractivity contribution in [3.63, 3.8) is 0 Å². The minimum absolute atomic E-state index is 0.400. The molecule has 1 aliphatic heterocycles. The van der Waals surface area contributed by atoms with Crippen LogP contribution in [-0.4, -0.2) is 38.3 Å². The fourth-order valence-corrected chi connectivity index (χ4v) is 3.72. The van der Waals surface area contributed by atoms with E-state index in [2.05, 4.69) is 17.0 Å². The fraction of sp³-hybridized carbons (Fsp3) is 0.647. The molecule has 1 heterocycles. The quantitative estimate of drug-likeness (QED) is 0.923. The molecule has 2 atom stereocenters. The van der Waals surface area contributed by atoms with Gasteiger partial charge in [-0.25, -0.2) is 0 Å². The Morgan fingerprint density at radius 2 is 1.86 bits per heavy atom. The number of fused-ring (bicyclic) bond motifs is 1. The Kier molecular flexibility index (Phi) is 4.36. The number of methoxy groups -OCH3 is 2. The van der Waals surface area contributed by atoms with Gasteiger partial charge < -0.3 is 15.2 Å². The van der Waals surface area contributed by atoms with Crippen LogP contribution in [-0.2, 0) is 13.0 Å². The first kappa shape index (κ1) is 14.7. The highest BCUT2D eigenvalue weighted by Gasteiger charge is 2.27. The summed E-state index contributed by atoms with van der Waals surface area (Å²) in [7, 11) is 3.39. The van der Waals surface area contributed by atoms with Crippen molar-refractivity contribution in [3.05, 3.63) is 23.3 Å².